The molecule has 0 amide bonds. The first-order valence-electron chi connectivity index (χ1n) is 9.59. The molecule has 4 rings (SSSR count). The summed E-state index contributed by atoms with van der Waals surface area (Å²) < 4.78 is 11.7. The Labute approximate surface area is 184 Å². The zero-order valence-electron chi connectivity index (χ0n) is 17.6. The van der Waals surface area contributed by atoms with E-state index in [0.29, 0.717) is 16.6 Å². The minimum absolute atomic E-state index is 0.528. The molecule has 0 aliphatic rings. The van der Waals surface area contributed by atoms with Crippen molar-refractivity contribution in [2.45, 2.75) is 26.4 Å². The Kier molecular flexibility index (Phi) is 5.32. The SMILES string of the molecule is COc1ccc(Nc2cc3[nH]c(-c4cnn(C(=O)OC(C)(C)C)c4)cc3cn2)c(Cl)c1. The van der Waals surface area contributed by atoms with Crippen molar-refractivity contribution in [1.29, 1.82) is 0 Å². The lowest BCUT2D eigenvalue weighted by molar-refractivity contribution is 0.0514. The maximum atomic E-state index is 12.2. The second-order valence-electron chi connectivity index (χ2n) is 7.96. The zero-order chi connectivity index (χ0) is 22.2. The fourth-order valence-electron chi connectivity index (χ4n) is 2.98. The van der Waals surface area contributed by atoms with Crippen molar-refractivity contribution in [1.82, 2.24) is 19.7 Å². The lowest BCUT2D eigenvalue weighted by Crippen LogP contribution is -2.27. The van der Waals surface area contributed by atoms with E-state index in [-0.39, 0.29) is 0 Å². The van der Waals surface area contributed by atoms with Crippen molar-refractivity contribution >= 4 is 40.1 Å². The first kappa shape index (κ1) is 20.7. The number of benzene rings is 1. The third kappa shape index (κ3) is 4.64. The van der Waals surface area contributed by atoms with Gasteiger partial charge in [-0.15, -0.1) is 0 Å². The number of nitrogens with zero attached hydrogens (tertiary/aromatic N) is 3. The van der Waals surface area contributed by atoms with Crippen LogP contribution in [-0.4, -0.2) is 38.6 Å². The van der Waals surface area contributed by atoms with Gasteiger partial charge in [-0.1, -0.05) is 11.6 Å². The van der Waals surface area contributed by atoms with Crippen LogP contribution in [-0.2, 0) is 4.74 Å². The maximum Gasteiger partial charge on any atom is 0.435 e. The number of rotatable bonds is 4. The highest BCUT2D eigenvalue weighted by molar-refractivity contribution is 6.33. The predicted molar refractivity (Wildman–Crippen MR) is 120 cm³/mol. The minimum Gasteiger partial charge on any atom is -0.497 e. The van der Waals surface area contributed by atoms with Crippen molar-refractivity contribution in [3.05, 3.63) is 53.9 Å². The highest BCUT2D eigenvalue weighted by Crippen LogP contribution is 2.30. The fourth-order valence-corrected chi connectivity index (χ4v) is 3.20. The molecule has 160 valence electrons. The smallest absolute Gasteiger partial charge is 0.435 e. The molecule has 2 N–H and O–H groups in total. The number of halogens is 1. The highest BCUT2D eigenvalue weighted by Gasteiger charge is 2.19. The molecule has 0 aliphatic heterocycles. The van der Waals surface area contributed by atoms with Crippen LogP contribution in [0.2, 0.25) is 5.02 Å². The Morgan fingerprint density at radius 1 is 1.19 bits per heavy atom. The van der Waals surface area contributed by atoms with Gasteiger partial charge in [0.05, 0.1) is 29.5 Å². The number of H-pyrrole nitrogens is 1. The van der Waals surface area contributed by atoms with Gasteiger partial charge in [0, 0.05) is 41.2 Å². The number of aromatic amines is 1. The molecule has 1 aromatic carbocycles. The molecule has 3 heterocycles. The summed E-state index contributed by atoms with van der Waals surface area (Å²) in [7, 11) is 1.59. The lowest BCUT2D eigenvalue weighted by Gasteiger charge is -2.18. The maximum absolute atomic E-state index is 12.2. The number of carbonyl (C=O) groups is 1. The summed E-state index contributed by atoms with van der Waals surface area (Å²) in [6, 6.07) is 9.22. The summed E-state index contributed by atoms with van der Waals surface area (Å²) in [5, 5.41) is 8.78. The van der Waals surface area contributed by atoms with Crippen LogP contribution in [0, 0.1) is 0 Å². The van der Waals surface area contributed by atoms with Gasteiger partial charge >= 0.3 is 6.09 Å². The third-order valence-electron chi connectivity index (χ3n) is 4.42. The topological polar surface area (TPSA) is 94.1 Å². The molecule has 0 unspecified atom stereocenters. The first-order valence-corrected chi connectivity index (χ1v) is 9.97. The number of ether oxygens (including phenoxy) is 2. The number of aromatic nitrogens is 4. The number of methoxy groups -OCH3 is 1. The Balaban J connectivity index is 1.56. The molecule has 0 saturated heterocycles. The van der Waals surface area contributed by atoms with Crippen LogP contribution >= 0.6 is 11.6 Å². The van der Waals surface area contributed by atoms with E-state index in [1.807, 2.05) is 45.0 Å². The second-order valence-corrected chi connectivity index (χ2v) is 8.37. The number of carbonyl (C=O) groups excluding carboxylic acids is 1. The highest BCUT2D eigenvalue weighted by atomic mass is 35.5. The Morgan fingerprint density at radius 2 is 2.00 bits per heavy atom. The molecule has 0 spiro atoms. The molecule has 4 aromatic rings. The van der Waals surface area contributed by atoms with E-state index in [4.69, 9.17) is 21.1 Å². The summed E-state index contributed by atoms with van der Waals surface area (Å²) in [6.45, 7) is 5.43. The second kappa shape index (κ2) is 7.96. The van der Waals surface area contributed by atoms with Crippen molar-refractivity contribution in [3.8, 4) is 17.0 Å². The molecular weight excluding hydrogens is 418 g/mol. The summed E-state index contributed by atoms with van der Waals surface area (Å²) in [4.78, 5) is 20.0. The molecule has 0 atom stereocenters. The van der Waals surface area contributed by atoms with Crippen molar-refractivity contribution in [2.75, 3.05) is 12.4 Å². The average molecular weight is 440 g/mol. The fraction of sp³-hybridized carbons (Fsp3) is 0.227. The number of anilines is 2. The molecule has 8 nitrogen and oxygen atoms in total. The first-order chi connectivity index (χ1) is 14.7. The Morgan fingerprint density at radius 3 is 2.71 bits per heavy atom. The zero-order valence-corrected chi connectivity index (χ0v) is 18.3. The normalized spacial score (nSPS) is 11.5. The number of hydrogen-bond donors (Lipinski definition) is 2. The van der Waals surface area contributed by atoms with Crippen LogP contribution in [0.4, 0.5) is 16.3 Å². The van der Waals surface area contributed by atoms with Gasteiger partial charge in [0.1, 0.15) is 17.2 Å². The van der Waals surface area contributed by atoms with Crippen LogP contribution in [0.5, 0.6) is 5.75 Å². The van der Waals surface area contributed by atoms with Crippen LogP contribution in [0.25, 0.3) is 22.2 Å². The summed E-state index contributed by atoms with van der Waals surface area (Å²) >= 11 is 6.30. The van der Waals surface area contributed by atoms with Crippen molar-refractivity contribution < 1.29 is 14.3 Å². The largest absolute Gasteiger partial charge is 0.497 e. The van der Waals surface area contributed by atoms with Crippen molar-refractivity contribution in [3.63, 3.8) is 0 Å². The number of fused-ring (bicyclic) bond motifs is 1. The Bertz CT molecular complexity index is 1260. The van der Waals surface area contributed by atoms with E-state index < -0.39 is 11.7 Å². The molecule has 0 bridgehead atoms. The lowest BCUT2D eigenvalue weighted by atomic mass is 10.2. The molecular formula is C22H22ClN5O3. The predicted octanol–water partition coefficient (Wildman–Crippen LogP) is 5.62. The number of pyridine rings is 1. The minimum atomic E-state index is -0.591. The van der Waals surface area contributed by atoms with Gasteiger partial charge < -0.3 is 19.8 Å². The van der Waals surface area contributed by atoms with Crippen LogP contribution < -0.4 is 10.1 Å². The van der Waals surface area contributed by atoms with Gasteiger partial charge in [-0.25, -0.2) is 9.78 Å². The van der Waals surface area contributed by atoms with Crippen molar-refractivity contribution in [2.24, 2.45) is 0 Å². The monoisotopic (exact) mass is 439 g/mol. The Hall–Kier alpha value is -3.52. The molecule has 3 aromatic heterocycles. The molecule has 0 radical (unpaired) electrons. The number of hydrogen-bond acceptors (Lipinski definition) is 6. The van der Waals surface area contributed by atoms with Gasteiger partial charge in [0.15, 0.2) is 0 Å². The average Bonchev–Trinajstić information content (AvgIpc) is 3.34. The van der Waals surface area contributed by atoms with Crippen LogP contribution in [0.3, 0.4) is 0 Å². The molecule has 0 aliphatic carbocycles. The van der Waals surface area contributed by atoms with E-state index >= 15 is 0 Å². The van der Waals surface area contributed by atoms with E-state index in [1.165, 1.54) is 4.68 Å². The summed E-state index contributed by atoms with van der Waals surface area (Å²) in [6.07, 6.45) is 4.47. The third-order valence-corrected chi connectivity index (χ3v) is 4.73. The van der Waals surface area contributed by atoms with Gasteiger partial charge in [-0.05, 0) is 39.0 Å². The van der Waals surface area contributed by atoms with Crippen LogP contribution in [0.1, 0.15) is 20.8 Å². The quantitative estimate of drug-likeness (QED) is 0.429. The van der Waals surface area contributed by atoms with E-state index in [1.54, 1.807) is 31.8 Å². The van der Waals surface area contributed by atoms with Gasteiger partial charge in [0.25, 0.3) is 0 Å². The van der Waals surface area contributed by atoms with E-state index in [9.17, 15) is 4.79 Å². The molecule has 0 fully saturated rings. The molecule has 0 saturated carbocycles. The van der Waals surface area contributed by atoms with Gasteiger partial charge in [0.2, 0.25) is 0 Å². The summed E-state index contributed by atoms with van der Waals surface area (Å²) in [5.74, 6) is 1.32. The number of nitrogens with one attached hydrogen (secondary N) is 2. The van der Waals surface area contributed by atoms with Gasteiger partial charge in [-0.2, -0.15) is 9.78 Å². The molecule has 9 heteroatoms. The van der Waals surface area contributed by atoms with Gasteiger partial charge in [-0.3, -0.25) is 0 Å². The standard InChI is InChI=1S/C22H22ClN5O3/c1-22(2,3)31-21(29)28-12-14(11-25-28)18-7-13-10-24-20(9-19(13)26-18)27-17-6-5-15(30-4)8-16(17)23/h5-12,26H,1-4H3,(H,24,27). The summed E-state index contributed by atoms with van der Waals surface area (Å²) in [5.41, 5.74) is 2.58. The molecule has 31 heavy (non-hydrogen) atoms. The van der Waals surface area contributed by atoms with E-state index in [0.717, 1.165) is 27.8 Å². The van der Waals surface area contributed by atoms with Crippen LogP contribution in [0.15, 0.2) is 48.9 Å². The van der Waals surface area contributed by atoms with E-state index in [2.05, 4.69) is 20.4 Å².